The topological polar surface area (TPSA) is 26.3 Å². The molecule has 0 amide bonds. The molecule has 0 N–H and O–H groups in total. The maximum absolute atomic E-state index is 10.9. The molecule has 0 spiro atoms. The second kappa shape index (κ2) is 1.74. The van der Waals surface area contributed by atoms with Gasteiger partial charge in [0.2, 0.25) is 5.78 Å². The molecule has 0 atom stereocenters. The van der Waals surface area contributed by atoms with Gasteiger partial charge in [0.25, 0.3) is 0 Å². The van der Waals surface area contributed by atoms with Crippen molar-refractivity contribution in [3.8, 4) is 0 Å². The molecular formula is C8H4O2. The molecule has 0 aromatic rings. The van der Waals surface area contributed by atoms with Gasteiger partial charge in [-0.1, -0.05) is 11.5 Å². The number of ketones is 1. The summed E-state index contributed by atoms with van der Waals surface area (Å²) in [4.78, 5) is 10.9. The van der Waals surface area contributed by atoms with Crippen LogP contribution in [0.15, 0.2) is 34.9 Å². The molecular weight excluding hydrogens is 128 g/mol. The van der Waals surface area contributed by atoms with Gasteiger partial charge in [-0.25, -0.2) is 0 Å². The standard InChI is InChI=1S/C8H4O2/c9-7-5-10-8-4-2-1-3-6(7)8/h3-4H,5H2. The number of hydrogen-bond donors (Lipinski definition) is 0. The predicted octanol–water partition coefficient (Wildman–Crippen LogP) is 0.720. The average molecular weight is 132 g/mol. The zero-order valence-electron chi connectivity index (χ0n) is 5.18. The van der Waals surface area contributed by atoms with Gasteiger partial charge in [-0.15, -0.1) is 0 Å². The van der Waals surface area contributed by atoms with E-state index in [1.54, 1.807) is 12.2 Å². The SMILES string of the molecule is O=C1COC2=C1C=C=C=C2. The van der Waals surface area contributed by atoms with Crippen LogP contribution in [-0.4, -0.2) is 12.4 Å². The number of Topliss-reactive ketones (excluding diaryl/α,β-unsaturated/α-hetero) is 1. The number of carbonyl (C=O) groups is 1. The lowest BCUT2D eigenvalue weighted by atomic mass is 10.1. The summed E-state index contributed by atoms with van der Waals surface area (Å²) in [7, 11) is 0. The number of ether oxygens (including phenoxy) is 1. The Balaban J connectivity index is 2.55. The molecule has 0 unspecified atom stereocenters. The number of rotatable bonds is 0. The van der Waals surface area contributed by atoms with Crippen molar-refractivity contribution in [2.24, 2.45) is 0 Å². The smallest absolute Gasteiger partial charge is 0.204 e. The maximum Gasteiger partial charge on any atom is 0.204 e. The van der Waals surface area contributed by atoms with Crippen molar-refractivity contribution in [3.63, 3.8) is 0 Å². The first-order valence-corrected chi connectivity index (χ1v) is 2.96. The monoisotopic (exact) mass is 132 g/mol. The van der Waals surface area contributed by atoms with Crippen LogP contribution in [0.5, 0.6) is 0 Å². The van der Waals surface area contributed by atoms with Gasteiger partial charge in [-0.3, -0.25) is 4.79 Å². The highest BCUT2D eigenvalue weighted by Gasteiger charge is 2.21. The van der Waals surface area contributed by atoms with E-state index < -0.39 is 0 Å². The lowest BCUT2D eigenvalue weighted by Crippen LogP contribution is -1.98. The van der Waals surface area contributed by atoms with Crippen molar-refractivity contribution >= 4 is 5.78 Å². The number of carbonyl (C=O) groups excluding carboxylic acids is 1. The van der Waals surface area contributed by atoms with Crippen LogP contribution < -0.4 is 0 Å². The highest BCUT2D eigenvalue weighted by Crippen LogP contribution is 2.19. The molecule has 0 radical (unpaired) electrons. The van der Waals surface area contributed by atoms with Crippen molar-refractivity contribution in [1.82, 2.24) is 0 Å². The zero-order chi connectivity index (χ0) is 6.97. The second-order valence-electron chi connectivity index (χ2n) is 2.07. The van der Waals surface area contributed by atoms with E-state index in [1.807, 2.05) is 0 Å². The summed E-state index contributed by atoms with van der Waals surface area (Å²) in [6.45, 7) is 0.168. The summed E-state index contributed by atoms with van der Waals surface area (Å²) < 4.78 is 5.01. The van der Waals surface area contributed by atoms with Crippen molar-refractivity contribution < 1.29 is 9.53 Å². The molecule has 2 rings (SSSR count). The van der Waals surface area contributed by atoms with E-state index in [0.29, 0.717) is 11.3 Å². The van der Waals surface area contributed by atoms with Crippen LogP contribution in [0.25, 0.3) is 0 Å². The Kier molecular flexibility index (Phi) is 0.925. The van der Waals surface area contributed by atoms with Crippen LogP contribution >= 0.6 is 0 Å². The fraction of sp³-hybridized carbons (Fsp3) is 0.125. The Bertz CT molecular complexity index is 321. The summed E-state index contributed by atoms with van der Waals surface area (Å²) in [5, 5.41) is 0. The third-order valence-corrected chi connectivity index (χ3v) is 1.43. The van der Waals surface area contributed by atoms with Gasteiger partial charge >= 0.3 is 0 Å². The number of hydrogen-bond acceptors (Lipinski definition) is 2. The second-order valence-corrected chi connectivity index (χ2v) is 2.07. The lowest BCUT2D eigenvalue weighted by Gasteiger charge is -1.93. The minimum absolute atomic E-state index is 0.0280. The molecule has 2 nitrogen and oxygen atoms in total. The van der Waals surface area contributed by atoms with E-state index in [4.69, 9.17) is 4.74 Å². The normalized spacial score (nSPS) is 19.8. The van der Waals surface area contributed by atoms with E-state index in [2.05, 4.69) is 11.5 Å². The van der Waals surface area contributed by atoms with E-state index in [-0.39, 0.29) is 12.4 Å². The van der Waals surface area contributed by atoms with Gasteiger partial charge in [0.05, 0.1) is 5.57 Å². The Labute approximate surface area is 57.8 Å². The summed E-state index contributed by atoms with van der Waals surface area (Å²) in [6, 6.07) is 0. The third kappa shape index (κ3) is 0.577. The van der Waals surface area contributed by atoms with Crippen molar-refractivity contribution in [2.45, 2.75) is 0 Å². The van der Waals surface area contributed by atoms with Gasteiger partial charge in [-0.2, -0.15) is 0 Å². The predicted molar refractivity (Wildman–Crippen MR) is 34.2 cm³/mol. The number of allylic oxidation sites excluding steroid dienone is 2. The molecule has 0 saturated heterocycles. The molecule has 1 aliphatic carbocycles. The van der Waals surface area contributed by atoms with Crippen LogP contribution in [0.2, 0.25) is 0 Å². The Morgan fingerprint density at radius 3 is 3.00 bits per heavy atom. The van der Waals surface area contributed by atoms with E-state index >= 15 is 0 Å². The zero-order valence-corrected chi connectivity index (χ0v) is 5.18. The first kappa shape index (κ1) is 5.31. The Morgan fingerprint density at radius 2 is 2.20 bits per heavy atom. The first-order valence-electron chi connectivity index (χ1n) is 2.96. The molecule has 0 fully saturated rings. The average Bonchev–Trinajstić information content (AvgIpc) is 2.34. The highest BCUT2D eigenvalue weighted by molar-refractivity contribution is 6.01. The summed E-state index contributed by atoms with van der Waals surface area (Å²) in [5.74, 6) is 0.656. The fourth-order valence-corrected chi connectivity index (χ4v) is 0.928. The van der Waals surface area contributed by atoms with E-state index in [1.165, 1.54) is 0 Å². The van der Waals surface area contributed by atoms with Crippen LogP contribution in [0.1, 0.15) is 0 Å². The van der Waals surface area contributed by atoms with Gasteiger partial charge < -0.3 is 4.74 Å². The molecule has 0 aromatic carbocycles. The molecule has 1 aliphatic heterocycles. The van der Waals surface area contributed by atoms with Crippen molar-refractivity contribution in [3.05, 3.63) is 34.9 Å². The molecule has 1 heterocycles. The van der Waals surface area contributed by atoms with Gasteiger partial charge in [0.1, 0.15) is 5.76 Å². The molecule has 0 saturated carbocycles. The highest BCUT2D eigenvalue weighted by atomic mass is 16.5. The summed E-state index contributed by atoms with van der Waals surface area (Å²) in [6.07, 6.45) is 3.23. The third-order valence-electron chi connectivity index (χ3n) is 1.43. The minimum atomic E-state index is 0.0280. The maximum atomic E-state index is 10.9. The quantitative estimate of drug-likeness (QED) is 0.454. The van der Waals surface area contributed by atoms with Crippen LogP contribution in [0.4, 0.5) is 0 Å². The lowest BCUT2D eigenvalue weighted by molar-refractivity contribution is -0.116. The van der Waals surface area contributed by atoms with Crippen LogP contribution in [0.3, 0.4) is 0 Å². The van der Waals surface area contributed by atoms with Crippen molar-refractivity contribution in [2.75, 3.05) is 6.61 Å². The molecule has 2 heteroatoms. The van der Waals surface area contributed by atoms with Crippen molar-refractivity contribution in [1.29, 1.82) is 0 Å². The van der Waals surface area contributed by atoms with E-state index in [0.717, 1.165) is 0 Å². The Hall–Kier alpha value is -1.49. The molecule has 2 aliphatic rings. The molecule has 48 valence electrons. The van der Waals surface area contributed by atoms with Crippen LogP contribution in [0, 0.1) is 0 Å². The van der Waals surface area contributed by atoms with Gasteiger partial charge in [0, 0.05) is 12.2 Å². The fourth-order valence-electron chi connectivity index (χ4n) is 0.928. The summed E-state index contributed by atoms with van der Waals surface area (Å²) >= 11 is 0. The molecule has 10 heavy (non-hydrogen) atoms. The largest absolute Gasteiger partial charge is 0.484 e. The van der Waals surface area contributed by atoms with Gasteiger partial charge in [-0.05, 0) is 0 Å². The Morgan fingerprint density at radius 1 is 1.40 bits per heavy atom. The minimum Gasteiger partial charge on any atom is -0.484 e. The molecule has 0 aromatic heterocycles. The van der Waals surface area contributed by atoms with Crippen LogP contribution in [-0.2, 0) is 9.53 Å². The summed E-state index contributed by atoms with van der Waals surface area (Å²) in [5.41, 5.74) is 6.03. The van der Waals surface area contributed by atoms with Gasteiger partial charge in [0.15, 0.2) is 6.61 Å². The van der Waals surface area contributed by atoms with E-state index in [9.17, 15) is 4.79 Å². The first-order chi connectivity index (χ1) is 4.88. The molecule has 0 bridgehead atoms.